The number of hydrogen-bond acceptors (Lipinski definition) is 4. The van der Waals surface area contributed by atoms with E-state index in [0.29, 0.717) is 5.75 Å². The molecule has 0 unspecified atom stereocenters. The number of thioether (sulfide) groups is 1. The molecule has 0 radical (unpaired) electrons. The van der Waals surface area contributed by atoms with E-state index in [1.54, 1.807) is 11.8 Å². The van der Waals surface area contributed by atoms with E-state index in [-0.39, 0.29) is 5.91 Å². The normalized spacial score (nSPS) is 17.0. The summed E-state index contributed by atoms with van der Waals surface area (Å²) in [4.78, 5) is 15.5. The first-order valence-corrected chi connectivity index (χ1v) is 8.86. The van der Waals surface area contributed by atoms with E-state index in [1.807, 2.05) is 5.01 Å². The largest absolute Gasteiger partial charge is 0.304 e. The zero-order valence-corrected chi connectivity index (χ0v) is 15.2. The molecule has 6 heteroatoms. The predicted octanol–water partition coefficient (Wildman–Crippen LogP) is 2.44. The second kappa shape index (κ2) is 7.63. The van der Waals surface area contributed by atoms with Gasteiger partial charge in [0.05, 0.1) is 5.75 Å². The van der Waals surface area contributed by atoms with Gasteiger partial charge in [-0.2, -0.15) is 0 Å². The van der Waals surface area contributed by atoms with Crippen molar-refractivity contribution in [2.24, 2.45) is 0 Å². The molecule has 1 aliphatic heterocycles. The fourth-order valence-electron chi connectivity index (χ4n) is 2.18. The lowest BCUT2D eigenvalue weighted by atomic mass is 10.2. The van der Waals surface area contributed by atoms with E-state index < -0.39 is 0 Å². The van der Waals surface area contributed by atoms with Crippen molar-refractivity contribution in [2.45, 2.75) is 18.7 Å². The molecule has 1 aliphatic rings. The third-order valence-corrected chi connectivity index (χ3v) is 5.61. The zero-order valence-electron chi connectivity index (χ0n) is 12.8. The molecule has 1 saturated heterocycles. The lowest BCUT2D eigenvalue weighted by molar-refractivity contribution is -0.124. The van der Waals surface area contributed by atoms with E-state index in [9.17, 15) is 4.79 Å². The fourth-order valence-corrected chi connectivity index (χ4v) is 3.54. The molecule has 0 saturated carbocycles. The fraction of sp³-hybridized carbons (Fsp3) is 0.533. The summed E-state index contributed by atoms with van der Waals surface area (Å²) in [6.07, 6.45) is 0. The molecule has 0 bridgehead atoms. The number of carbonyl (C=O) groups is 1. The van der Waals surface area contributed by atoms with Gasteiger partial charge in [0.1, 0.15) is 0 Å². The molecule has 1 aromatic rings. The minimum Gasteiger partial charge on any atom is -0.304 e. The number of amides is 1. The van der Waals surface area contributed by atoms with Crippen LogP contribution in [0.3, 0.4) is 0 Å². The molecule has 0 aliphatic carbocycles. The maximum Gasteiger partial charge on any atom is 0.244 e. The predicted molar refractivity (Wildman–Crippen MR) is 91.6 cm³/mol. The Morgan fingerprint density at radius 2 is 1.90 bits per heavy atom. The Morgan fingerprint density at radius 3 is 2.57 bits per heavy atom. The maximum absolute atomic E-state index is 12.0. The highest BCUT2D eigenvalue weighted by atomic mass is 79.9. The summed E-state index contributed by atoms with van der Waals surface area (Å²) in [6, 6.07) is 4.24. The summed E-state index contributed by atoms with van der Waals surface area (Å²) in [5.41, 5.74) is 5.39. The van der Waals surface area contributed by atoms with Crippen LogP contribution < -0.4 is 5.43 Å². The average Bonchev–Trinajstić information content (AvgIpc) is 2.44. The zero-order chi connectivity index (χ0) is 15.4. The number of likely N-dealkylation sites (N-methyl/N-ethyl adjacent to an activating group) is 1. The summed E-state index contributed by atoms with van der Waals surface area (Å²) in [5.74, 6) is 0.526. The number of nitrogens with one attached hydrogen (secondary N) is 1. The first kappa shape index (κ1) is 16.8. The van der Waals surface area contributed by atoms with Gasteiger partial charge in [-0.3, -0.25) is 10.2 Å². The molecule has 116 valence electrons. The van der Waals surface area contributed by atoms with Gasteiger partial charge in [-0.05, 0) is 44.2 Å². The van der Waals surface area contributed by atoms with Crippen LogP contribution in [0.5, 0.6) is 0 Å². The SMILES string of the molecule is Cc1cc(SCC(=O)NN2CCN(C)CC2)c(C)cc1Br. The van der Waals surface area contributed by atoms with Crippen LogP contribution in [0, 0.1) is 13.8 Å². The Bertz CT molecular complexity index is 516. The first-order chi connectivity index (χ1) is 9.95. The topological polar surface area (TPSA) is 35.6 Å². The van der Waals surface area contributed by atoms with E-state index in [4.69, 9.17) is 0 Å². The summed E-state index contributed by atoms with van der Waals surface area (Å²) in [7, 11) is 2.10. The van der Waals surface area contributed by atoms with E-state index in [1.165, 1.54) is 16.0 Å². The highest BCUT2D eigenvalue weighted by Gasteiger charge is 2.16. The number of hydrogen-bond donors (Lipinski definition) is 1. The number of halogens is 1. The van der Waals surface area contributed by atoms with Gasteiger partial charge in [0, 0.05) is 35.5 Å². The van der Waals surface area contributed by atoms with Gasteiger partial charge < -0.3 is 4.90 Å². The third-order valence-electron chi connectivity index (χ3n) is 3.60. The van der Waals surface area contributed by atoms with Gasteiger partial charge in [-0.1, -0.05) is 15.9 Å². The monoisotopic (exact) mass is 371 g/mol. The lowest BCUT2D eigenvalue weighted by Crippen LogP contribution is -2.52. The Labute approximate surface area is 139 Å². The number of nitrogens with zero attached hydrogens (tertiary/aromatic N) is 2. The van der Waals surface area contributed by atoms with Crippen LogP contribution in [-0.2, 0) is 4.79 Å². The highest BCUT2D eigenvalue weighted by Crippen LogP contribution is 2.28. The molecule has 2 rings (SSSR count). The second-order valence-electron chi connectivity index (χ2n) is 5.48. The maximum atomic E-state index is 12.0. The molecule has 1 aromatic carbocycles. The Hall–Kier alpha value is -0.560. The minimum absolute atomic E-state index is 0.0736. The molecular weight excluding hydrogens is 350 g/mol. The molecule has 4 nitrogen and oxygen atoms in total. The summed E-state index contributed by atoms with van der Waals surface area (Å²) in [5, 5.41) is 2.02. The van der Waals surface area contributed by atoms with Crippen LogP contribution in [0.4, 0.5) is 0 Å². The average molecular weight is 372 g/mol. The molecule has 1 amide bonds. The number of hydrazine groups is 1. The molecular formula is C15H22BrN3OS. The van der Waals surface area contributed by atoms with E-state index in [2.05, 4.69) is 59.3 Å². The summed E-state index contributed by atoms with van der Waals surface area (Å²) < 4.78 is 1.12. The van der Waals surface area contributed by atoms with Crippen LogP contribution in [0.2, 0.25) is 0 Å². The van der Waals surface area contributed by atoms with Crippen molar-refractivity contribution < 1.29 is 4.79 Å². The first-order valence-electron chi connectivity index (χ1n) is 7.08. The quantitative estimate of drug-likeness (QED) is 0.824. The smallest absolute Gasteiger partial charge is 0.244 e. The Morgan fingerprint density at radius 1 is 1.24 bits per heavy atom. The van der Waals surface area contributed by atoms with Crippen molar-refractivity contribution in [3.63, 3.8) is 0 Å². The van der Waals surface area contributed by atoms with Gasteiger partial charge in [0.2, 0.25) is 5.91 Å². The molecule has 0 atom stereocenters. The van der Waals surface area contributed by atoms with Gasteiger partial charge in [0.25, 0.3) is 0 Å². The summed E-state index contributed by atoms with van der Waals surface area (Å²) >= 11 is 5.13. The molecule has 1 N–H and O–H groups in total. The number of carbonyl (C=O) groups excluding carboxylic acids is 1. The highest BCUT2D eigenvalue weighted by molar-refractivity contribution is 9.10. The standard InChI is InChI=1S/C15H22BrN3OS/c1-11-9-14(12(2)8-13(11)16)21-10-15(20)17-19-6-4-18(3)5-7-19/h8-9H,4-7,10H2,1-3H3,(H,17,20). The molecule has 0 spiro atoms. The number of aryl methyl sites for hydroxylation is 2. The van der Waals surface area contributed by atoms with Gasteiger partial charge >= 0.3 is 0 Å². The molecule has 1 fully saturated rings. The van der Waals surface area contributed by atoms with Crippen LogP contribution in [0.1, 0.15) is 11.1 Å². The Kier molecular flexibility index (Phi) is 6.10. The van der Waals surface area contributed by atoms with Crippen molar-refractivity contribution in [3.8, 4) is 0 Å². The molecule has 1 heterocycles. The van der Waals surface area contributed by atoms with E-state index >= 15 is 0 Å². The summed E-state index contributed by atoms with van der Waals surface area (Å²) in [6.45, 7) is 7.92. The Balaban J connectivity index is 1.83. The van der Waals surface area contributed by atoms with Crippen LogP contribution >= 0.6 is 27.7 Å². The van der Waals surface area contributed by atoms with Crippen LogP contribution in [0.25, 0.3) is 0 Å². The van der Waals surface area contributed by atoms with Gasteiger partial charge in [-0.25, -0.2) is 5.01 Å². The second-order valence-corrected chi connectivity index (χ2v) is 7.35. The van der Waals surface area contributed by atoms with Crippen molar-refractivity contribution >= 4 is 33.6 Å². The van der Waals surface area contributed by atoms with E-state index in [0.717, 1.165) is 30.7 Å². The van der Waals surface area contributed by atoms with Crippen molar-refractivity contribution in [2.75, 3.05) is 39.0 Å². The van der Waals surface area contributed by atoms with Crippen LogP contribution in [-0.4, -0.2) is 54.8 Å². The van der Waals surface area contributed by atoms with Gasteiger partial charge in [0.15, 0.2) is 0 Å². The van der Waals surface area contributed by atoms with Crippen molar-refractivity contribution in [1.29, 1.82) is 0 Å². The molecule has 0 aromatic heterocycles. The lowest BCUT2D eigenvalue weighted by Gasteiger charge is -2.32. The third kappa shape index (κ3) is 4.98. The number of benzene rings is 1. The van der Waals surface area contributed by atoms with Gasteiger partial charge in [-0.15, -0.1) is 11.8 Å². The van der Waals surface area contributed by atoms with Crippen LogP contribution in [0.15, 0.2) is 21.5 Å². The van der Waals surface area contributed by atoms with Crippen molar-refractivity contribution in [3.05, 3.63) is 27.7 Å². The van der Waals surface area contributed by atoms with Crippen molar-refractivity contribution in [1.82, 2.24) is 15.3 Å². The minimum atomic E-state index is 0.0736. The number of rotatable bonds is 4. The molecule has 21 heavy (non-hydrogen) atoms. The number of piperazine rings is 1.